The van der Waals surface area contributed by atoms with E-state index in [2.05, 4.69) is 0 Å². The van der Waals surface area contributed by atoms with Crippen LogP contribution >= 0.6 is 11.6 Å². The van der Waals surface area contributed by atoms with Crippen molar-refractivity contribution >= 4 is 33.2 Å². The zero-order valence-electron chi connectivity index (χ0n) is 14.1. The van der Waals surface area contributed by atoms with Crippen LogP contribution in [-0.2, 0) is 14.8 Å². The van der Waals surface area contributed by atoms with E-state index in [1.165, 1.54) is 4.31 Å². The van der Waals surface area contributed by atoms with Crippen LogP contribution in [0.25, 0.3) is 11.1 Å². The van der Waals surface area contributed by atoms with Crippen LogP contribution in [-0.4, -0.2) is 38.9 Å². The second kappa shape index (κ2) is 6.69. The molecule has 132 valence electrons. The lowest BCUT2D eigenvalue weighted by atomic mass is 10.0. The van der Waals surface area contributed by atoms with E-state index in [4.69, 9.17) is 11.6 Å². The van der Waals surface area contributed by atoms with Gasteiger partial charge in [-0.2, -0.15) is 0 Å². The lowest BCUT2D eigenvalue weighted by Crippen LogP contribution is -2.44. The fourth-order valence-electron chi connectivity index (χ4n) is 3.07. The zero-order chi connectivity index (χ0) is 18.2. The Morgan fingerprint density at radius 1 is 1.08 bits per heavy atom. The molecular weight excluding hydrogens is 360 g/mol. The molecule has 0 bridgehead atoms. The molecule has 0 N–H and O–H groups in total. The average Bonchev–Trinajstić information content (AvgIpc) is 2.60. The predicted molar refractivity (Wildman–Crippen MR) is 99.3 cm³/mol. The number of halogens is 1. The maximum absolute atomic E-state index is 13.1. The van der Waals surface area contributed by atoms with Gasteiger partial charge in [0.1, 0.15) is 6.54 Å². The molecule has 0 fully saturated rings. The third kappa shape index (κ3) is 3.00. The first kappa shape index (κ1) is 17.8. The highest BCUT2D eigenvalue weighted by atomic mass is 35.5. The molecule has 2 aromatic rings. The Morgan fingerprint density at radius 3 is 2.44 bits per heavy atom. The number of likely N-dealkylation sites (N-methyl/N-ethyl adjacent to an activating group) is 1. The van der Waals surface area contributed by atoms with E-state index in [0.29, 0.717) is 34.9 Å². The van der Waals surface area contributed by atoms with E-state index in [0.717, 1.165) is 0 Å². The molecule has 0 unspecified atom stereocenters. The van der Waals surface area contributed by atoms with Crippen LogP contribution < -0.4 is 4.31 Å². The van der Waals surface area contributed by atoms with Gasteiger partial charge in [-0.1, -0.05) is 29.8 Å². The van der Waals surface area contributed by atoms with Crippen LogP contribution in [0, 0.1) is 0 Å². The van der Waals surface area contributed by atoms with Crippen LogP contribution in [0.1, 0.15) is 13.8 Å². The highest BCUT2D eigenvalue weighted by Gasteiger charge is 2.36. The molecule has 0 aromatic heterocycles. The molecule has 2 aromatic carbocycles. The van der Waals surface area contributed by atoms with E-state index in [-0.39, 0.29) is 17.3 Å². The minimum atomic E-state index is -3.81. The standard InChI is InChI=1S/C18H19ClN2O3S/c1-3-20(4-2)18(22)12-21-16-10-9-13(19)11-15(16)14-7-5-6-8-17(14)25(21,23)24/h5-11H,3-4,12H2,1-2H3. The molecule has 1 aliphatic heterocycles. The Morgan fingerprint density at radius 2 is 1.76 bits per heavy atom. The van der Waals surface area contributed by atoms with E-state index < -0.39 is 10.0 Å². The molecule has 1 aliphatic rings. The number of sulfonamides is 1. The number of fused-ring (bicyclic) bond motifs is 3. The molecule has 0 saturated heterocycles. The largest absolute Gasteiger partial charge is 0.342 e. The van der Waals surface area contributed by atoms with E-state index in [9.17, 15) is 13.2 Å². The first-order valence-electron chi connectivity index (χ1n) is 8.09. The summed E-state index contributed by atoms with van der Waals surface area (Å²) in [4.78, 5) is 14.4. The summed E-state index contributed by atoms with van der Waals surface area (Å²) in [6, 6.07) is 11.8. The summed E-state index contributed by atoms with van der Waals surface area (Å²) in [6.07, 6.45) is 0. The molecule has 0 aliphatic carbocycles. The normalized spacial score (nSPS) is 14.6. The average molecular weight is 379 g/mol. The number of hydrogen-bond donors (Lipinski definition) is 0. The van der Waals surface area contributed by atoms with Crippen molar-refractivity contribution in [2.75, 3.05) is 23.9 Å². The number of amides is 1. The molecule has 0 atom stereocenters. The van der Waals surface area contributed by atoms with Crippen molar-refractivity contribution in [3.05, 3.63) is 47.5 Å². The maximum Gasteiger partial charge on any atom is 0.265 e. The van der Waals surface area contributed by atoms with E-state index in [1.54, 1.807) is 47.4 Å². The van der Waals surface area contributed by atoms with Gasteiger partial charge in [-0.05, 0) is 38.1 Å². The van der Waals surface area contributed by atoms with E-state index in [1.807, 2.05) is 13.8 Å². The molecule has 1 amide bonds. The molecule has 3 rings (SSSR count). The second-order valence-electron chi connectivity index (χ2n) is 5.74. The number of nitrogens with zero attached hydrogens (tertiary/aromatic N) is 2. The molecule has 1 heterocycles. The van der Waals surface area contributed by atoms with Crippen molar-refractivity contribution < 1.29 is 13.2 Å². The van der Waals surface area contributed by atoms with Gasteiger partial charge >= 0.3 is 0 Å². The summed E-state index contributed by atoms with van der Waals surface area (Å²) in [7, 11) is -3.81. The van der Waals surface area contributed by atoms with E-state index >= 15 is 0 Å². The van der Waals surface area contributed by atoms with Crippen molar-refractivity contribution in [1.82, 2.24) is 4.90 Å². The third-order valence-electron chi connectivity index (χ3n) is 4.37. The van der Waals surface area contributed by atoms with Gasteiger partial charge in [-0.3, -0.25) is 9.10 Å². The van der Waals surface area contributed by atoms with Crippen LogP contribution in [0.15, 0.2) is 47.4 Å². The van der Waals surface area contributed by atoms with Gasteiger partial charge in [0.25, 0.3) is 10.0 Å². The summed E-state index contributed by atoms with van der Waals surface area (Å²) in [5.74, 6) is -0.228. The summed E-state index contributed by atoms with van der Waals surface area (Å²) in [6.45, 7) is 4.58. The van der Waals surface area contributed by atoms with Crippen LogP contribution in [0.2, 0.25) is 5.02 Å². The van der Waals surface area contributed by atoms with Gasteiger partial charge in [-0.15, -0.1) is 0 Å². The first-order valence-corrected chi connectivity index (χ1v) is 9.91. The minimum Gasteiger partial charge on any atom is -0.342 e. The second-order valence-corrected chi connectivity index (χ2v) is 8.00. The molecule has 0 spiro atoms. The highest BCUT2D eigenvalue weighted by Crippen LogP contribution is 2.43. The number of rotatable bonds is 4. The lowest BCUT2D eigenvalue weighted by molar-refractivity contribution is -0.129. The van der Waals surface area contributed by atoms with Crippen LogP contribution in [0.5, 0.6) is 0 Å². The zero-order valence-corrected chi connectivity index (χ0v) is 15.6. The monoisotopic (exact) mass is 378 g/mol. The topological polar surface area (TPSA) is 57.7 Å². The van der Waals surface area contributed by atoms with Crippen molar-refractivity contribution in [3.8, 4) is 11.1 Å². The van der Waals surface area contributed by atoms with Crippen molar-refractivity contribution in [3.63, 3.8) is 0 Å². The number of benzene rings is 2. The quantitative estimate of drug-likeness (QED) is 0.819. The Labute approximate surface area is 152 Å². The fourth-order valence-corrected chi connectivity index (χ4v) is 4.89. The van der Waals surface area contributed by atoms with Crippen molar-refractivity contribution in [1.29, 1.82) is 0 Å². The SMILES string of the molecule is CCN(CC)C(=O)CN1c2ccc(Cl)cc2-c2ccccc2S1(=O)=O. The highest BCUT2D eigenvalue weighted by molar-refractivity contribution is 7.93. The molecule has 7 heteroatoms. The van der Waals surface area contributed by atoms with Crippen molar-refractivity contribution in [2.45, 2.75) is 18.7 Å². The Bertz CT molecular complexity index is 924. The molecule has 25 heavy (non-hydrogen) atoms. The van der Waals surface area contributed by atoms with Crippen LogP contribution in [0.4, 0.5) is 5.69 Å². The van der Waals surface area contributed by atoms with Gasteiger partial charge in [-0.25, -0.2) is 8.42 Å². The third-order valence-corrected chi connectivity index (χ3v) is 6.42. The summed E-state index contributed by atoms with van der Waals surface area (Å²) >= 11 is 6.12. The fraction of sp³-hybridized carbons (Fsp3) is 0.278. The molecular formula is C18H19ClN2O3S. The van der Waals surface area contributed by atoms with Gasteiger partial charge in [0, 0.05) is 29.2 Å². The summed E-state index contributed by atoms with van der Waals surface area (Å²) < 4.78 is 27.4. The van der Waals surface area contributed by atoms with Gasteiger partial charge in [0.2, 0.25) is 5.91 Å². The minimum absolute atomic E-state index is 0.192. The molecule has 0 radical (unpaired) electrons. The molecule has 0 saturated carbocycles. The Kier molecular flexibility index (Phi) is 4.75. The number of hydrogen-bond acceptors (Lipinski definition) is 3. The smallest absolute Gasteiger partial charge is 0.265 e. The summed E-state index contributed by atoms with van der Waals surface area (Å²) in [5.41, 5.74) is 1.79. The van der Waals surface area contributed by atoms with Gasteiger partial charge in [0.05, 0.1) is 10.6 Å². The lowest BCUT2D eigenvalue weighted by Gasteiger charge is -2.33. The Balaban J connectivity index is 2.15. The first-order chi connectivity index (χ1) is 11.9. The number of anilines is 1. The maximum atomic E-state index is 13.1. The summed E-state index contributed by atoms with van der Waals surface area (Å²) in [5, 5.41) is 0.517. The van der Waals surface area contributed by atoms with Crippen LogP contribution in [0.3, 0.4) is 0 Å². The predicted octanol–water partition coefficient (Wildman–Crippen LogP) is 3.38. The Hall–Kier alpha value is -2.05. The van der Waals surface area contributed by atoms with Crippen molar-refractivity contribution in [2.24, 2.45) is 0 Å². The number of carbonyl (C=O) groups excluding carboxylic acids is 1. The number of carbonyl (C=O) groups is 1. The van der Waals surface area contributed by atoms with Gasteiger partial charge in [0.15, 0.2) is 0 Å². The molecule has 5 nitrogen and oxygen atoms in total. The van der Waals surface area contributed by atoms with Gasteiger partial charge < -0.3 is 4.90 Å².